The molecule has 3 N–H and O–H groups in total. The average molecular weight is 233 g/mol. The molecule has 0 unspecified atom stereocenters. The number of nitrogens with zero attached hydrogens (tertiary/aromatic N) is 1. The average Bonchev–Trinajstić information content (AvgIpc) is 2.28. The predicted octanol–water partition coefficient (Wildman–Crippen LogP) is 2.51. The Labute approximate surface area is 104 Å². The summed E-state index contributed by atoms with van der Waals surface area (Å²) in [6.45, 7) is 6.38. The van der Waals surface area contributed by atoms with Gasteiger partial charge in [-0.1, -0.05) is 25.5 Å². The van der Waals surface area contributed by atoms with Crippen LogP contribution in [0.1, 0.15) is 36.5 Å². The molecule has 0 heterocycles. The molecule has 0 saturated heterocycles. The summed E-state index contributed by atoms with van der Waals surface area (Å²) < 4.78 is 0. The molecule has 3 nitrogen and oxygen atoms in total. The molecule has 1 rings (SSSR count). The molecule has 0 bridgehead atoms. The van der Waals surface area contributed by atoms with Crippen LogP contribution in [0.4, 0.5) is 0 Å². The minimum absolute atomic E-state index is 0.138. The van der Waals surface area contributed by atoms with Gasteiger partial charge >= 0.3 is 0 Å². The van der Waals surface area contributed by atoms with Crippen molar-refractivity contribution < 1.29 is 0 Å². The van der Waals surface area contributed by atoms with Crippen molar-refractivity contribution in [3.63, 3.8) is 0 Å². The van der Waals surface area contributed by atoms with E-state index in [9.17, 15) is 0 Å². The third-order valence-corrected chi connectivity index (χ3v) is 2.99. The highest BCUT2D eigenvalue weighted by Gasteiger charge is 2.05. The molecule has 17 heavy (non-hydrogen) atoms. The highest BCUT2D eigenvalue weighted by Crippen LogP contribution is 2.13. The van der Waals surface area contributed by atoms with E-state index >= 15 is 0 Å². The van der Waals surface area contributed by atoms with Crippen molar-refractivity contribution in [3.05, 3.63) is 34.9 Å². The largest absolute Gasteiger partial charge is 0.384 e. The molecule has 0 aliphatic carbocycles. The summed E-state index contributed by atoms with van der Waals surface area (Å²) in [5.74, 6) is 0.138. The Bertz CT molecular complexity index is 385. The van der Waals surface area contributed by atoms with Crippen molar-refractivity contribution >= 4 is 5.84 Å². The van der Waals surface area contributed by atoms with Gasteiger partial charge in [-0.05, 0) is 44.1 Å². The zero-order chi connectivity index (χ0) is 12.8. The maximum absolute atomic E-state index is 7.40. The number of hydrogen-bond acceptors (Lipinski definition) is 2. The Hall–Kier alpha value is -1.35. The van der Waals surface area contributed by atoms with E-state index in [-0.39, 0.29) is 5.84 Å². The highest BCUT2D eigenvalue weighted by atomic mass is 15.1. The van der Waals surface area contributed by atoms with Crippen LogP contribution in [0.25, 0.3) is 0 Å². The second kappa shape index (κ2) is 6.40. The van der Waals surface area contributed by atoms with Gasteiger partial charge in [0.05, 0.1) is 0 Å². The number of rotatable bonds is 6. The summed E-state index contributed by atoms with van der Waals surface area (Å²) in [6, 6.07) is 6.00. The maximum atomic E-state index is 7.40. The number of nitrogens with one attached hydrogen (secondary N) is 1. The van der Waals surface area contributed by atoms with Gasteiger partial charge < -0.3 is 10.6 Å². The van der Waals surface area contributed by atoms with Gasteiger partial charge in [0.15, 0.2) is 0 Å². The zero-order valence-electron chi connectivity index (χ0n) is 11.1. The molecule has 0 fully saturated rings. The summed E-state index contributed by atoms with van der Waals surface area (Å²) in [5.41, 5.74) is 8.80. The van der Waals surface area contributed by atoms with Gasteiger partial charge in [-0.2, -0.15) is 0 Å². The topological polar surface area (TPSA) is 53.1 Å². The Kier molecular flexibility index (Phi) is 5.16. The number of nitrogens with two attached hydrogens (primary N) is 1. The van der Waals surface area contributed by atoms with Crippen LogP contribution in [-0.2, 0) is 6.54 Å². The molecular weight excluding hydrogens is 210 g/mol. The number of nitrogen functional groups attached to an aromatic ring is 1. The van der Waals surface area contributed by atoms with Crippen LogP contribution in [-0.4, -0.2) is 24.3 Å². The minimum atomic E-state index is 0.138. The van der Waals surface area contributed by atoms with Gasteiger partial charge in [-0.15, -0.1) is 0 Å². The van der Waals surface area contributed by atoms with Crippen molar-refractivity contribution in [3.8, 4) is 0 Å². The highest BCUT2D eigenvalue weighted by molar-refractivity contribution is 5.95. The molecule has 0 atom stereocenters. The number of aryl methyl sites for hydroxylation is 1. The van der Waals surface area contributed by atoms with Crippen LogP contribution < -0.4 is 5.73 Å². The van der Waals surface area contributed by atoms with E-state index in [0.717, 1.165) is 18.7 Å². The first kappa shape index (κ1) is 13.7. The third-order valence-electron chi connectivity index (χ3n) is 2.99. The first-order valence-corrected chi connectivity index (χ1v) is 6.17. The van der Waals surface area contributed by atoms with E-state index in [1.807, 2.05) is 12.1 Å². The fourth-order valence-electron chi connectivity index (χ4n) is 1.84. The van der Waals surface area contributed by atoms with E-state index in [1.165, 1.54) is 24.0 Å². The standard InChI is InChI=1S/C14H23N3/c1-4-5-8-17(3)10-13-7-6-12(14(15)16)9-11(13)2/h6-7,9H,4-5,8,10H2,1-3H3,(H3,15,16). The van der Waals surface area contributed by atoms with Crippen LogP contribution in [0.5, 0.6) is 0 Å². The molecule has 0 aliphatic heterocycles. The Morgan fingerprint density at radius 2 is 2.12 bits per heavy atom. The summed E-state index contributed by atoms with van der Waals surface area (Å²) in [7, 11) is 2.15. The summed E-state index contributed by atoms with van der Waals surface area (Å²) in [6.07, 6.45) is 2.47. The van der Waals surface area contributed by atoms with Crippen LogP contribution >= 0.6 is 0 Å². The van der Waals surface area contributed by atoms with E-state index in [0.29, 0.717) is 0 Å². The lowest BCUT2D eigenvalue weighted by Crippen LogP contribution is -2.20. The summed E-state index contributed by atoms with van der Waals surface area (Å²) in [5, 5.41) is 7.40. The molecule has 0 radical (unpaired) electrons. The molecule has 0 saturated carbocycles. The molecule has 1 aromatic rings. The molecule has 0 amide bonds. The first-order valence-electron chi connectivity index (χ1n) is 6.17. The van der Waals surface area contributed by atoms with Gasteiger partial charge in [0.25, 0.3) is 0 Å². The number of unbranched alkanes of at least 4 members (excludes halogenated alkanes) is 1. The monoisotopic (exact) mass is 233 g/mol. The van der Waals surface area contributed by atoms with E-state index < -0.39 is 0 Å². The van der Waals surface area contributed by atoms with Gasteiger partial charge in [-0.3, -0.25) is 5.41 Å². The lowest BCUT2D eigenvalue weighted by atomic mass is 10.0. The van der Waals surface area contributed by atoms with Crippen molar-refractivity contribution in [2.24, 2.45) is 5.73 Å². The Morgan fingerprint density at radius 3 is 2.65 bits per heavy atom. The smallest absolute Gasteiger partial charge is 0.122 e. The van der Waals surface area contributed by atoms with Gasteiger partial charge in [0.2, 0.25) is 0 Å². The van der Waals surface area contributed by atoms with Crippen LogP contribution in [0.15, 0.2) is 18.2 Å². The first-order chi connectivity index (χ1) is 8.04. The number of benzene rings is 1. The Morgan fingerprint density at radius 1 is 1.41 bits per heavy atom. The normalized spacial score (nSPS) is 10.8. The maximum Gasteiger partial charge on any atom is 0.122 e. The SMILES string of the molecule is CCCCN(C)Cc1ccc(C(=N)N)cc1C. The van der Waals surface area contributed by atoms with Crippen LogP contribution in [0, 0.1) is 12.3 Å². The fraction of sp³-hybridized carbons (Fsp3) is 0.500. The molecule has 0 aromatic heterocycles. The lowest BCUT2D eigenvalue weighted by molar-refractivity contribution is 0.320. The summed E-state index contributed by atoms with van der Waals surface area (Å²) >= 11 is 0. The third kappa shape index (κ3) is 4.19. The number of hydrogen-bond donors (Lipinski definition) is 2. The second-order valence-electron chi connectivity index (χ2n) is 4.65. The van der Waals surface area contributed by atoms with E-state index in [4.69, 9.17) is 11.1 Å². The van der Waals surface area contributed by atoms with Crippen molar-refractivity contribution in [1.29, 1.82) is 5.41 Å². The fourth-order valence-corrected chi connectivity index (χ4v) is 1.84. The molecule has 0 aliphatic rings. The van der Waals surface area contributed by atoms with Gasteiger partial charge in [-0.25, -0.2) is 0 Å². The molecule has 1 aromatic carbocycles. The van der Waals surface area contributed by atoms with E-state index in [2.05, 4.69) is 31.9 Å². The van der Waals surface area contributed by atoms with Gasteiger partial charge in [0, 0.05) is 12.1 Å². The Balaban J connectivity index is 2.69. The quantitative estimate of drug-likeness (QED) is 0.586. The van der Waals surface area contributed by atoms with Crippen molar-refractivity contribution in [2.75, 3.05) is 13.6 Å². The molecule has 94 valence electrons. The van der Waals surface area contributed by atoms with Crippen molar-refractivity contribution in [1.82, 2.24) is 4.90 Å². The predicted molar refractivity (Wildman–Crippen MR) is 73.4 cm³/mol. The summed E-state index contributed by atoms with van der Waals surface area (Å²) in [4.78, 5) is 2.33. The van der Waals surface area contributed by atoms with Crippen molar-refractivity contribution in [2.45, 2.75) is 33.2 Å². The zero-order valence-corrected chi connectivity index (χ0v) is 11.1. The van der Waals surface area contributed by atoms with Crippen LogP contribution in [0.3, 0.4) is 0 Å². The molecule has 0 spiro atoms. The van der Waals surface area contributed by atoms with Gasteiger partial charge in [0.1, 0.15) is 5.84 Å². The molecule has 3 heteroatoms. The lowest BCUT2D eigenvalue weighted by Gasteiger charge is -2.18. The van der Waals surface area contributed by atoms with Crippen LogP contribution in [0.2, 0.25) is 0 Å². The number of amidine groups is 1. The second-order valence-corrected chi connectivity index (χ2v) is 4.65. The minimum Gasteiger partial charge on any atom is -0.384 e. The molecular formula is C14H23N3. The van der Waals surface area contributed by atoms with E-state index in [1.54, 1.807) is 0 Å².